The molecule has 5 nitrogen and oxygen atoms in total. The van der Waals surface area contributed by atoms with E-state index in [9.17, 15) is 13.6 Å². The molecule has 0 spiro atoms. The van der Waals surface area contributed by atoms with Crippen molar-refractivity contribution < 1.29 is 18.7 Å². The molecule has 0 amide bonds. The zero-order valence-corrected chi connectivity index (χ0v) is 10.6. The molecule has 0 saturated carbocycles. The lowest BCUT2D eigenvalue weighted by Gasteiger charge is -1.96. The van der Waals surface area contributed by atoms with Crippen molar-refractivity contribution >= 4 is 17.7 Å². The second-order valence-electron chi connectivity index (χ2n) is 3.65. The van der Waals surface area contributed by atoms with Gasteiger partial charge in [-0.05, 0) is 18.2 Å². The van der Waals surface area contributed by atoms with Gasteiger partial charge in [-0.15, -0.1) is 0 Å². The fourth-order valence-electron chi connectivity index (χ4n) is 1.38. The minimum atomic E-state index is -0.982. The summed E-state index contributed by atoms with van der Waals surface area (Å²) in [6.07, 6.45) is 0. The van der Waals surface area contributed by atoms with E-state index in [1.807, 2.05) is 0 Å². The van der Waals surface area contributed by atoms with E-state index in [0.717, 1.165) is 23.9 Å². The topological polar surface area (TPSA) is 68.0 Å². The number of halogens is 2. The number of hydrogen-bond acceptors (Lipinski definition) is 4. The second kappa shape index (κ2) is 5.35. The van der Waals surface area contributed by atoms with Gasteiger partial charge in [0.15, 0.2) is 22.6 Å². The summed E-state index contributed by atoms with van der Waals surface area (Å²) in [5, 5.41) is 13.0. The van der Waals surface area contributed by atoms with Gasteiger partial charge in [0.05, 0.1) is 5.75 Å². The van der Waals surface area contributed by atoms with Crippen molar-refractivity contribution in [1.82, 2.24) is 14.8 Å². The van der Waals surface area contributed by atoms with Crippen molar-refractivity contribution in [3.8, 4) is 11.4 Å². The molecule has 2 aromatic rings. The van der Waals surface area contributed by atoms with E-state index in [4.69, 9.17) is 5.11 Å². The summed E-state index contributed by atoms with van der Waals surface area (Å²) >= 11 is 1.000. The van der Waals surface area contributed by atoms with Gasteiger partial charge in [0, 0.05) is 12.6 Å². The van der Waals surface area contributed by atoms with E-state index in [-0.39, 0.29) is 11.6 Å². The number of aliphatic carboxylic acids is 1. The van der Waals surface area contributed by atoms with Gasteiger partial charge >= 0.3 is 5.97 Å². The quantitative estimate of drug-likeness (QED) is 0.869. The highest BCUT2D eigenvalue weighted by atomic mass is 32.2. The molecule has 0 saturated heterocycles. The summed E-state index contributed by atoms with van der Waals surface area (Å²) in [4.78, 5) is 14.6. The fraction of sp³-hybridized carbons (Fsp3) is 0.182. The number of carboxylic acid groups (broad SMARTS) is 1. The van der Waals surface area contributed by atoms with Crippen LogP contribution in [0.5, 0.6) is 0 Å². The van der Waals surface area contributed by atoms with Crippen LogP contribution in [0.25, 0.3) is 11.4 Å². The molecule has 8 heteroatoms. The van der Waals surface area contributed by atoms with Gasteiger partial charge in [0.1, 0.15) is 0 Å². The van der Waals surface area contributed by atoms with Crippen molar-refractivity contribution in [3.63, 3.8) is 0 Å². The molecule has 1 aromatic carbocycles. The standard InChI is InChI=1S/C11H9F2N3O2S/c1-16-11(19-5-9(17)18)14-10(15-16)6-2-3-7(12)8(13)4-6/h2-4H,5H2,1H3,(H,17,18). The van der Waals surface area contributed by atoms with E-state index < -0.39 is 17.6 Å². The molecule has 0 atom stereocenters. The molecule has 1 heterocycles. The molecule has 0 radical (unpaired) electrons. The van der Waals surface area contributed by atoms with Crippen LogP contribution < -0.4 is 0 Å². The summed E-state index contributed by atoms with van der Waals surface area (Å²) in [5.41, 5.74) is 0.330. The minimum Gasteiger partial charge on any atom is -0.481 e. The van der Waals surface area contributed by atoms with Crippen molar-refractivity contribution in [1.29, 1.82) is 0 Å². The summed E-state index contributed by atoms with van der Waals surface area (Å²) in [7, 11) is 1.60. The Hall–Kier alpha value is -1.96. The van der Waals surface area contributed by atoms with Crippen LogP contribution in [0.4, 0.5) is 8.78 Å². The third-order valence-corrected chi connectivity index (χ3v) is 3.23. The molecule has 1 aromatic heterocycles. The van der Waals surface area contributed by atoms with Gasteiger partial charge in [-0.3, -0.25) is 4.79 Å². The number of nitrogens with zero attached hydrogens (tertiary/aromatic N) is 3. The molecule has 1 N–H and O–H groups in total. The van der Waals surface area contributed by atoms with Crippen molar-refractivity contribution in [3.05, 3.63) is 29.8 Å². The molecule has 0 aliphatic rings. The first-order valence-corrected chi connectivity index (χ1v) is 6.17. The maximum absolute atomic E-state index is 13.1. The molecular formula is C11H9F2N3O2S. The average Bonchev–Trinajstić information content (AvgIpc) is 2.71. The Balaban J connectivity index is 2.28. The van der Waals surface area contributed by atoms with Gasteiger partial charge < -0.3 is 5.11 Å². The van der Waals surface area contributed by atoms with Gasteiger partial charge in [-0.25, -0.2) is 18.4 Å². The second-order valence-corrected chi connectivity index (χ2v) is 4.60. The molecule has 0 aliphatic carbocycles. The predicted molar refractivity (Wildman–Crippen MR) is 64.7 cm³/mol. The summed E-state index contributed by atoms with van der Waals surface area (Å²) in [6, 6.07) is 3.35. The number of aryl methyl sites for hydroxylation is 1. The molecule has 0 unspecified atom stereocenters. The summed E-state index contributed by atoms with van der Waals surface area (Å²) in [6.45, 7) is 0. The van der Waals surface area contributed by atoms with Crippen LogP contribution in [-0.2, 0) is 11.8 Å². The Bertz CT molecular complexity index is 630. The number of rotatable bonds is 4. The number of thioether (sulfide) groups is 1. The van der Waals surface area contributed by atoms with Gasteiger partial charge in [-0.1, -0.05) is 11.8 Å². The summed E-state index contributed by atoms with van der Waals surface area (Å²) < 4.78 is 27.3. The maximum atomic E-state index is 13.1. The SMILES string of the molecule is Cn1nc(-c2ccc(F)c(F)c2)nc1SCC(=O)O. The van der Waals surface area contributed by atoms with E-state index in [1.165, 1.54) is 10.7 Å². The van der Waals surface area contributed by atoms with E-state index in [0.29, 0.717) is 10.7 Å². The largest absolute Gasteiger partial charge is 0.481 e. The van der Waals surface area contributed by atoms with Crippen LogP contribution in [0.15, 0.2) is 23.4 Å². The molecule has 19 heavy (non-hydrogen) atoms. The number of aromatic nitrogens is 3. The Morgan fingerprint density at radius 3 is 2.79 bits per heavy atom. The van der Waals surface area contributed by atoms with Crippen LogP contribution in [0.1, 0.15) is 0 Å². The number of benzene rings is 1. The molecule has 100 valence electrons. The lowest BCUT2D eigenvalue weighted by molar-refractivity contribution is -0.133. The van der Waals surface area contributed by atoms with Crippen LogP contribution in [0, 0.1) is 11.6 Å². The first kappa shape index (κ1) is 13.5. The Morgan fingerprint density at radius 2 is 2.16 bits per heavy atom. The number of hydrogen-bond donors (Lipinski definition) is 1. The molecule has 2 rings (SSSR count). The maximum Gasteiger partial charge on any atom is 0.313 e. The zero-order valence-electron chi connectivity index (χ0n) is 9.80. The van der Waals surface area contributed by atoms with Gasteiger partial charge in [0.2, 0.25) is 0 Å². The first-order valence-electron chi connectivity index (χ1n) is 5.18. The molecule has 0 fully saturated rings. The summed E-state index contributed by atoms with van der Waals surface area (Å²) in [5.74, 6) is -2.83. The van der Waals surface area contributed by atoms with Crippen molar-refractivity contribution in [2.75, 3.05) is 5.75 Å². The molecule has 0 aliphatic heterocycles. The van der Waals surface area contributed by atoms with Crippen LogP contribution in [0.2, 0.25) is 0 Å². The van der Waals surface area contributed by atoms with Gasteiger partial charge in [0.25, 0.3) is 0 Å². The third kappa shape index (κ3) is 3.08. The highest BCUT2D eigenvalue weighted by Gasteiger charge is 2.13. The predicted octanol–water partition coefficient (Wildman–Crippen LogP) is 1.94. The van der Waals surface area contributed by atoms with Crippen molar-refractivity contribution in [2.24, 2.45) is 7.05 Å². The van der Waals surface area contributed by atoms with E-state index >= 15 is 0 Å². The average molecular weight is 285 g/mol. The van der Waals surface area contributed by atoms with Crippen LogP contribution in [0.3, 0.4) is 0 Å². The molecular weight excluding hydrogens is 276 g/mol. The van der Waals surface area contributed by atoms with Crippen LogP contribution >= 0.6 is 11.8 Å². The smallest absolute Gasteiger partial charge is 0.313 e. The number of carbonyl (C=O) groups is 1. The minimum absolute atomic E-state index is 0.149. The molecule has 0 bridgehead atoms. The highest BCUT2D eigenvalue weighted by Crippen LogP contribution is 2.22. The Kier molecular flexibility index (Phi) is 3.79. The lowest BCUT2D eigenvalue weighted by Crippen LogP contribution is -2.00. The Morgan fingerprint density at radius 1 is 1.42 bits per heavy atom. The van der Waals surface area contributed by atoms with Crippen LogP contribution in [-0.4, -0.2) is 31.6 Å². The number of carboxylic acids is 1. The van der Waals surface area contributed by atoms with Crippen molar-refractivity contribution in [2.45, 2.75) is 5.16 Å². The highest BCUT2D eigenvalue weighted by molar-refractivity contribution is 7.99. The normalized spacial score (nSPS) is 10.7. The van der Waals surface area contributed by atoms with E-state index in [2.05, 4.69) is 10.1 Å². The zero-order chi connectivity index (χ0) is 14.0. The fourth-order valence-corrected chi connectivity index (χ4v) is 2.01. The monoisotopic (exact) mass is 285 g/mol. The third-order valence-electron chi connectivity index (χ3n) is 2.23. The van der Waals surface area contributed by atoms with E-state index in [1.54, 1.807) is 7.05 Å². The Labute approximate surface area is 111 Å². The first-order chi connectivity index (χ1) is 8.97. The lowest BCUT2D eigenvalue weighted by atomic mass is 10.2. The van der Waals surface area contributed by atoms with Gasteiger partial charge in [-0.2, -0.15) is 5.10 Å².